The number of nitrogens with one attached hydrogen (secondary N) is 1. The van der Waals surface area contributed by atoms with Gasteiger partial charge in [-0.2, -0.15) is 5.10 Å². The molecule has 140 valence electrons. The highest BCUT2D eigenvalue weighted by molar-refractivity contribution is 5.90. The van der Waals surface area contributed by atoms with Crippen molar-refractivity contribution < 1.29 is 9.53 Å². The van der Waals surface area contributed by atoms with Gasteiger partial charge in [-0.1, -0.05) is 24.3 Å². The van der Waals surface area contributed by atoms with E-state index in [9.17, 15) is 4.79 Å². The van der Waals surface area contributed by atoms with E-state index >= 15 is 0 Å². The molecule has 6 nitrogen and oxygen atoms in total. The number of nitrogens with zero attached hydrogens (tertiary/aromatic N) is 3. The lowest BCUT2D eigenvalue weighted by molar-refractivity contribution is -0.116. The molecule has 3 aromatic rings. The molecular formula is C21H24N4O2. The summed E-state index contributed by atoms with van der Waals surface area (Å²) < 4.78 is 6.89. The molecule has 0 aliphatic heterocycles. The molecular weight excluding hydrogens is 340 g/mol. The molecule has 0 atom stereocenters. The summed E-state index contributed by atoms with van der Waals surface area (Å²) in [5.74, 6) is 1.49. The van der Waals surface area contributed by atoms with Crippen LogP contribution >= 0.6 is 0 Å². The summed E-state index contributed by atoms with van der Waals surface area (Å²) in [6, 6.07) is 15.5. The Hall–Kier alpha value is -3.28. The van der Waals surface area contributed by atoms with Gasteiger partial charge in [0.05, 0.1) is 7.11 Å². The van der Waals surface area contributed by atoms with Gasteiger partial charge in [0, 0.05) is 31.5 Å². The van der Waals surface area contributed by atoms with Gasteiger partial charge in [-0.05, 0) is 42.3 Å². The van der Waals surface area contributed by atoms with E-state index in [1.165, 1.54) is 0 Å². The fourth-order valence-corrected chi connectivity index (χ4v) is 2.87. The van der Waals surface area contributed by atoms with E-state index in [-0.39, 0.29) is 12.5 Å². The third-order valence-electron chi connectivity index (χ3n) is 4.17. The maximum absolute atomic E-state index is 12.4. The van der Waals surface area contributed by atoms with E-state index in [0.29, 0.717) is 0 Å². The molecule has 1 N–H and O–H groups in total. The second-order valence-corrected chi connectivity index (χ2v) is 6.60. The van der Waals surface area contributed by atoms with Crippen LogP contribution in [0.1, 0.15) is 5.56 Å². The number of aromatic nitrogens is 2. The van der Waals surface area contributed by atoms with Gasteiger partial charge in [-0.15, -0.1) is 0 Å². The third kappa shape index (κ3) is 4.47. The Kier molecular flexibility index (Phi) is 5.45. The normalized spacial score (nSPS) is 10.5. The number of hydrogen-bond donors (Lipinski definition) is 1. The summed E-state index contributed by atoms with van der Waals surface area (Å²) in [4.78, 5) is 14.3. The lowest BCUT2D eigenvalue weighted by atomic mass is 10.1. The standard InChI is InChI=1S/C21H24N4O2/c1-15-6-5-7-17(12-15)22-20(26)14-25-13-19(21(23-25)24(2)3)16-8-10-18(27-4)11-9-16/h5-13H,14H2,1-4H3,(H,22,26). The van der Waals surface area contributed by atoms with Gasteiger partial charge < -0.3 is 15.0 Å². The lowest BCUT2D eigenvalue weighted by Gasteiger charge is -2.11. The van der Waals surface area contributed by atoms with Gasteiger partial charge >= 0.3 is 0 Å². The summed E-state index contributed by atoms with van der Waals surface area (Å²) in [6.07, 6.45) is 1.90. The third-order valence-corrected chi connectivity index (χ3v) is 4.17. The minimum absolute atomic E-state index is 0.116. The quantitative estimate of drug-likeness (QED) is 0.726. The maximum atomic E-state index is 12.4. The largest absolute Gasteiger partial charge is 0.497 e. The van der Waals surface area contributed by atoms with Crippen LogP contribution in [0.4, 0.5) is 11.5 Å². The molecule has 0 radical (unpaired) electrons. The molecule has 3 rings (SSSR count). The Morgan fingerprint density at radius 1 is 1.19 bits per heavy atom. The first-order chi connectivity index (χ1) is 13.0. The van der Waals surface area contributed by atoms with E-state index in [0.717, 1.165) is 33.9 Å². The minimum Gasteiger partial charge on any atom is -0.497 e. The first-order valence-corrected chi connectivity index (χ1v) is 8.72. The Morgan fingerprint density at radius 3 is 2.56 bits per heavy atom. The number of amides is 1. The van der Waals surface area contributed by atoms with E-state index in [2.05, 4.69) is 10.4 Å². The summed E-state index contributed by atoms with van der Waals surface area (Å²) in [6.45, 7) is 2.14. The van der Waals surface area contributed by atoms with Crippen LogP contribution < -0.4 is 15.0 Å². The first kappa shape index (κ1) is 18.5. The molecule has 0 saturated carbocycles. The maximum Gasteiger partial charge on any atom is 0.246 e. The van der Waals surface area contributed by atoms with E-state index < -0.39 is 0 Å². The SMILES string of the molecule is COc1ccc(-c2cn(CC(=O)Nc3cccc(C)c3)nc2N(C)C)cc1. The average Bonchev–Trinajstić information content (AvgIpc) is 3.05. The number of ether oxygens (including phenoxy) is 1. The highest BCUT2D eigenvalue weighted by Crippen LogP contribution is 2.30. The summed E-state index contributed by atoms with van der Waals surface area (Å²) in [5.41, 5.74) is 3.87. The predicted molar refractivity (Wildman–Crippen MR) is 108 cm³/mol. The number of methoxy groups -OCH3 is 1. The molecule has 0 spiro atoms. The molecule has 0 unspecified atom stereocenters. The molecule has 2 aromatic carbocycles. The van der Waals surface area contributed by atoms with Gasteiger partial charge in [0.15, 0.2) is 5.82 Å². The van der Waals surface area contributed by atoms with Crippen LogP contribution in [-0.2, 0) is 11.3 Å². The number of hydrogen-bond acceptors (Lipinski definition) is 4. The topological polar surface area (TPSA) is 59.4 Å². The van der Waals surface area contributed by atoms with Crippen LogP contribution in [0.3, 0.4) is 0 Å². The first-order valence-electron chi connectivity index (χ1n) is 8.72. The van der Waals surface area contributed by atoms with Gasteiger partial charge in [0.25, 0.3) is 0 Å². The Balaban J connectivity index is 1.80. The van der Waals surface area contributed by atoms with Gasteiger partial charge in [-0.3, -0.25) is 9.48 Å². The molecule has 1 aromatic heterocycles. The monoisotopic (exact) mass is 364 g/mol. The average molecular weight is 364 g/mol. The lowest BCUT2D eigenvalue weighted by Crippen LogP contribution is -2.19. The molecule has 0 aliphatic rings. The zero-order valence-electron chi connectivity index (χ0n) is 16.1. The molecule has 6 heteroatoms. The Morgan fingerprint density at radius 2 is 1.93 bits per heavy atom. The zero-order chi connectivity index (χ0) is 19.4. The van der Waals surface area contributed by atoms with Crippen molar-refractivity contribution in [3.05, 3.63) is 60.3 Å². The zero-order valence-corrected chi connectivity index (χ0v) is 16.1. The number of carbonyl (C=O) groups is 1. The smallest absolute Gasteiger partial charge is 0.246 e. The number of benzene rings is 2. The van der Waals surface area contributed by atoms with Crippen molar-refractivity contribution in [2.24, 2.45) is 0 Å². The molecule has 0 fully saturated rings. The minimum atomic E-state index is -0.116. The van der Waals surface area contributed by atoms with E-state index in [1.54, 1.807) is 11.8 Å². The van der Waals surface area contributed by atoms with Crippen molar-refractivity contribution in [1.29, 1.82) is 0 Å². The second kappa shape index (κ2) is 7.95. The number of rotatable bonds is 6. The summed E-state index contributed by atoms with van der Waals surface area (Å²) in [5, 5.41) is 7.49. The highest BCUT2D eigenvalue weighted by Gasteiger charge is 2.15. The van der Waals surface area contributed by atoms with Crippen molar-refractivity contribution in [3.8, 4) is 16.9 Å². The van der Waals surface area contributed by atoms with Crippen molar-refractivity contribution in [2.75, 3.05) is 31.4 Å². The summed E-state index contributed by atoms with van der Waals surface area (Å²) in [7, 11) is 5.52. The van der Waals surface area contributed by atoms with Gasteiger partial charge in [0.2, 0.25) is 5.91 Å². The molecule has 0 aliphatic carbocycles. The Labute approximate surface area is 159 Å². The molecule has 0 saturated heterocycles. The van der Waals surface area contributed by atoms with Crippen molar-refractivity contribution >= 4 is 17.4 Å². The molecule has 27 heavy (non-hydrogen) atoms. The number of anilines is 2. The fraction of sp³-hybridized carbons (Fsp3) is 0.238. The predicted octanol–water partition coefficient (Wildman–Crippen LogP) is 3.57. The van der Waals surface area contributed by atoms with E-state index in [4.69, 9.17) is 4.74 Å². The Bertz CT molecular complexity index is 930. The van der Waals surface area contributed by atoms with Crippen molar-refractivity contribution in [3.63, 3.8) is 0 Å². The number of carbonyl (C=O) groups excluding carboxylic acids is 1. The van der Waals surface area contributed by atoms with Gasteiger partial charge in [0.1, 0.15) is 12.3 Å². The van der Waals surface area contributed by atoms with Crippen LogP contribution in [0.15, 0.2) is 54.7 Å². The van der Waals surface area contributed by atoms with Crippen LogP contribution in [0.5, 0.6) is 5.75 Å². The van der Waals surface area contributed by atoms with Crippen LogP contribution in [0.25, 0.3) is 11.1 Å². The summed E-state index contributed by atoms with van der Waals surface area (Å²) >= 11 is 0. The molecule has 1 amide bonds. The van der Waals surface area contributed by atoms with Crippen LogP contribution in [0, 0.1) is 6.92 Å². The highest BCUT2D eigenvalue weighted by atomic mass is 16.5. The van der Waals surface area contributed by atoms with Crippen molar-refractivity contribution in [2.45, 2.75) is 13.5 Å². The molecule has 1 heterocycles. The van der Waals surface area contributed by atoms with Crippen LogP contribution in [0.2, 0.25) is 0 Å². The molecule has 0 bridgehead atoms. The van der Waals surface area contributed by atoms with E-state index in [1.807, 2.05) is 80.6 Å². The fourth-order valence-electron chi connectivity index (χ4n) is 2.87. The van der Waals surface area contributed by atoms with Crippen LogP contribution in [-0.4, -0.2) is 36.9 Å². The second-order valence-electron chi connectivity index (χ2n) is 6.60. The number of aryl methyl sites for hydroxylation is 1. The van der Waals surface area contributed by atoms with Gasteiger partial charge in [-0.25, -0.2) is 0 Å². The van der Waals surface area contributed by atoms with Crippen molar-refractivity contribution in [1.82, 2.24) is 9.78 Å².